The third kappa shape index (κ3) is 2.62. The maximum atomic E-state index is 11.1. The molecule has 1 aromatic heterocycles. The van der Waals surface area contributed by atoms with Gasteiger partial charge in [-0.1, -0.05) is 0 Å². The molecule has 2 rings (SSSR count). The predicted octanol–water partition coefficient (Wildman–Crippen LogP) is 2.07. The van der Waals surface area contributed by atoms with Gasteiger partial charge in [0.2, 0.25) is 5.82 Å². The Kier molecular flexibility index (Phi) is 4.13. The van der Waals surface area contributed by atoms with Crippen LogP contribution < -0.4 is 10.6 Å². The van der Waals surface area contributed by atoms with Gasteiger partial charge in [0.1, 0.15) is 0 Å². The van der Waals surface area contributed by atoms with E-state index in [0.29, 0.717) is 16.8 Å². The third-order valence-corrected chi connectivity index (χ3v) is 3.62. The maximum absolute atomic E-state index is 11.1. The van der Waals surface area contributed by atoms with E-state index >= 15 is 0 Å². The molecule has 2 N–H and O–H groups in total. The van der Waals surface area contributed by atoms with Crippen LogP contribution in [0.4, 0.5) is 11.5 Å². The van der Waals surface area contributed by atoms with Gasteiger partial charge in [-0.05, 0) is 35.2 Å². The van der Waals surface area contributed by atoms with Gasteiger partial charge in [-0.2, -0.15) is 0 Å². The zero-order chi connectivity index (χ0) is 13.1. The minimum atomic E-state index is -0.394. The van der Waals surface area contributed by atoms with Gasteiger partial charge >= 0.3 is 5.69 Å². The van der Waals surface area contributed by atoms with Crippen molar-refractivity contribution in [1.82, 2.24) is 4.98 Å². The number of pyridine rings is 1. The summed E-state index contributed by atoms with van der Waals surface area (Å²) in [5, 5.41) is 11.1. The molecule has 1 aromatic rings. The highest BCUT2D eigenvalue weighted by Crippen LogP contribution is 2.32. The number of nitrogens with two attached hydrogens (primary N) is 1. The van der Waals surface area contributed by atoms with Gasteiger partial charge in [0.05, 0.1) is 4.92 Å². The van der Waals surface area contributed by atoms with E-state index in [4.69, 9.17) is 5.73 Å². The standard InChI is InChI=1S/C11H15BrN4O2/c12-8-5-10(16(17)18)11(14-7-8)15-4-2-1-3-9(15)6-13/h5,7,9H,1-4,6,13H2. The number of nitrogens with zero attached hydrogens (tertiary/aromatic N) is 3. The van der Waals surface area contributed by atoms with Crippen molar-refractivity contribution in [3.8, 4) is 0 Å². The lowest BCUT2D eigenvalue weighted by molar-refractivity contribution is -0.384. The van der Waals surface area contributed by atoms with E-state index in [-0.39, 0.29) is 11.7 Å². The van der Waals surface area contributed by atoms with Crippen molar-refractivity contribution in [2.75, 3.05) is 18.0 Å². The van der Waals surface area contributed by atoms with E-state index in [0.717, 1.165) is 25.8 Å². The van der Waals surface area contributed by atoms with E-state index in [9.17, 15) is 10.1 Å². The summed E-state index contributed by atoms with van der Waals surface area (Å²) < 4.78 is 0.610. The Morgan fingerprint density at radius 3 is 3.06 bits per heavy atom. The molecule has 0 radical (unpaired) electrons. The summed E-state index contributed by atoms with van der Waals surface area (Å²) >= 11 is 3.21. The summed E-state index contributed by atoms with van der Waals surface area (Å²) in [7, 11) is 0. The highest BCUT2D eigenvalue weighted by molar-refractivity contribution is 9.10. The lowest BCUT2D eigenvalue weighted by atomic mass is 10.0. The molecular weight excluding hydrogens is 300 g/mol. The van der Waals surface area contributed by atoms with Crippen molar-refractivity contribution in [3.63, 3.8) is 0 Å². The minimum absolute atomic E-state index is 0.0322. The minimum Gasteiger partial charge on any atom is -0.347 e. The summed E-state index contributed by atoms with van der Waals surface area (Å²) in [4.78, 5) is 16.9. The second-order valence-electron chi connectivity index (χ2n) is 4.33. The van der Waals surface area contributed by atoms with Gasteiger partial charge in [-0.25, -0.2) is 4.98 Å². The van der Waals surface area contributed by atoms with Crippen LogP contribution in [0.25, 0.3) is 0 Å². The van der Waals surface area contributed by atoms with Crippen molar-refractivity contribution >= 4 is 27.4 Å². The van der Waals surface area contributed by atoms with Crippen molar-refractivity contribution in [2.45, 2.75) is 25.3 Å². The quantitative estimate of drug-likeness (QED) is 0.682. The normalized spacial score (nSPS) is 19.9. The number of hydrogen-bond acceptors (Lipinski definition) is 5. The Bertz CT molecular complexity index is 455. The molecule has 1 atom stereocenters. The fourth-order valence-electron chi connectivity index (χ4n) is 2.30. The zero-order valence-corrected chi connectivity index (χ0v) is 11.5. The maximum Gasteiger partial charge on any atom is 0.312 e. The molecule has 0 amide bonds. The summed E-state index contributed by atoms with van der Waals surface area (Å²) in [6.07, 6.45) is 4.68. The SMILES string of the molecule is NCC1CCCCN1c1ncc(Br)cc1[N+](=O)[O-]. The molecule has 1 aliphatic rings. The van der Waals surface area contributed by atoms with Gasteiger partial charge < -0.3 is 10.6 Å². The van der Waals surface area contributed by atoms with Crippen molar-refractivity contribution in [2.24, 2.45) is 5.73 Å². The molecule has 6 nitrogen and oxygen atoms in total. The summed E-state index contributed by atoms with van der Waals surface area (Å²) in [6.45, 7) is 1.27. The van der Waals surface area contributed by atoms with E-state index in [1.807, 2.05) is 4.90 Å². The fourth-order valence-corrected chi connectivity index (χ4v) is 2.62. The fraction of sp³-hybridized carbons (Fsp3) is 0.545. The zero-order valence-electron chi connectivity index (χ0n) is 9.88. The van der Waals surface area contributed by atoms with Crippen LogP contribution in [-0.4, -0.2) is 29.0 Å². The van der Waals surface area contributed by atoms with Gasteiger partial charge in [0.25, 0.3) is 0 Å². The lowest BCUT2D eigenvalue weighted by Gasteiger charge is -2.35. The number of rotatable bonds is 3. The van der Waals surface area contributed by atoms with Crippen LogP contribution in [-0.2, 0) is 0 Å². The Hall–Kier alpha value is -1.21. The molecule has 98 valence electrons. The molecule has 0 spiro atoms. The molecule has 1 unspecified atom stereocenters. The average molecular weight is 315 g/mol. The summed E-state index contributed by atoms with van der Waals surface area (Å²) in [5.74, 6) is 0.429. The van der Waals surface area contributed by atoms with Gasteiger partial charge in [0, 0.05) is 35.9 Å². The lowest BCUT2D eigenvalue weighted by Crippen LogP contribution is -2.44. The molecule has 1 aliphatic heterocycles. The third-order valence-electron chi connectivity index (χ3n) is 3.18. The smallest absolute Gasteiger partial charge is 0.312 e. The molecule has 2 heterocycles. The highest BCUT2D eigenvalue weighted by atomic mass is 79.9. The number of hydrogen-bond donors (Lipinski definition) is 1. The van der Waals surface area contributed by atoms with Gasteiger partial charge in [0.15, 0.2) is 0 Å². The van der Waals surface area contributed by atoms with Crippen LogP contribution in [0, 0.1) is 10.1 Å². The van der Waals surface area contributed by atoms with Crippen LogP contribution >= 0.6 is 15.9 Å². The van der Waals surface area contributed by atoms with Gasteiger partial charge in [-0.3, -0.25) is 10.1 Å². The Morgan fingerprint density at radius 1 is 1.61 bits per heavy atom. The molecule has 0 aromatic carbocycles. The molecule has 0 aliphatic carbocycles. The highest BCUT2D eigenvalue weighted by Gasteiger charge is 2.28. The second kappa shape index (κ2) is 5.62. The number of nitro groups is 1. The first-order valence-electron chi connectivity index (χ1n) is 5.90. The van der Waals surface area contributed by atoms with Gasteiger partial charge in [-0.15, -0.1) is 0 Å². The van der Waals surface area contributed by atoms with Crippen LogP contribution in [0.1, 0.15) is 19.3 Å². The van der Waals surface area contributed by atoms with Crippen LogP contribution in [0.2, 0.25) is 0 Å². The average Bonchev–Trinajstić information content (AvgIpc) is 2.38. The van der Waals surface area contributed by atoms with Crippen molar-refractivity contribution in [3.05, 3.63) is 26.9 Å². The number of piperidine rings is 1. The first kappa shape index (κ1) is 13.2. The molecule has 0 bridgehead atoms. The summed E-state index contributed by atoms with van der Waals surface area (Å²) in [6, 6.07) is 1.64. The Balaban J connectivity index is 2.39. The van der Waals surface area contributed by atoms with Crippen LogP contribution in [0.3, 0.4) is 0 Å². The monoisotopic (exact) mass is 314 g/mol. The Labute approximate surface area is 113 Å². The first-order valence-corrected chi connectivity index (χ1v) is 6.69. The largest absolute Gasteiger partial charge is 0.347 e. The first-order chi connectivity index (χ1) is 8.63. The predicted molar refractivity (Wildman–Crippen MR) is 72.6 cm³/mol. The molecule has 7 heteroatoms. The van der Waals surface area contributed by atoms with E-state index < -0.39 is 4.92 Å². The number of aromatic nitrogens is 1. The topological polar surface area (TPSA) is 85.3 Å². The Morgan fingerprint density at radius 2 is 2.39 bits per heavy atom. The van der Waals surface area contributed by atoms with E-state index in [1.54, 1.807) is 6.20 Å². The molecule has 1 saturated heterocycles. The molecular formula is C11H15BrN4O2. The van der Waals surface area contributed by atoms with Crippen molar-refractivity contribution < 1.29 is 4.92 Å². The molecule has 1 fully saturated rings. The van der Waals surface area contributed by atoms with Crippen molar-refractivity contribution in [1.29, 1.82) is 0 Å². The van der Waals surface area contributed by atoms with E-state index in [1.165, 1.54) is 6.07 Å². The molecule has 18 heavy (non-hydrogen) atoms. The number of halogens is 1. The summed E-state index contributed by atoms with van der Waals surface area (Å²) in [5.41, 5.74) is 5.77. The second-order valence-corrected chi connectivity index (χ2v) is 5.25. The van der Waals surface area contributed by atoms with Crippen LogP contribution in [0.15, 0.2) is 16.7 Å². The molecule has 0 saturated carbocycles. The van der Waals surface area contributed by atoms with E-state index in [2.05, 4.69) is 20.9 Å². The van der Waals surface area contributed by atoms with Crippen LogP contribution in [0.5, 0.6) is 0 Å². The number of anilines is 1.